The number of hydrogen-bond donors (Lipinski definition) is 2. The molecular formula is C22H20F2N2O4S. The van der Waals surface area contributed by atoms with E-state index in [1.54, 1.807) is 23.6 Å². The fraction of sp³-hybridized carbons (Fsp3) is 0.273. The van der Waals surface area contributed by atoms with E-state index in [-0.39, 0.29) is 16.4 Å². The van der Waals surface area contributed by atoms with Crippen LogP contribution in [-0.4, -0.2) is 28.9 Å². The Morgan fingerprint density at radius 2 is 1.94 bits per heavy atom. The Morgan fingerprint density at radius 3 is 2.65 bits per heavy atom. The van der Waals surface area contributed by atoms with Crippen molar-refractivity contribution in [3.63, 3.8) is 0 Å². The number of rotatable bonds is 6. The van der Waals surface area contributed by atoms with Gasteiger partial charge in [-0.25, -0.2) is 9.78 Å². The summed E-state index contributed by atoms with van der Waals surface area (Å²) >= 11 is 1.16. The van der Waals surface area contributed by atoms with Gasteiger partial charge < -0.3 is 19.9 Å². The van der Waals surface area contributed by atoms with Gasteiger partial charge in [-0.1, -0.05) is 26.0 Å². The maximum atomic E-state index is 13.3. The molecule has 6 nitrogen and oxygen atoms in total. The van der Waals surface area contributed by atoms with Gasteiger partial charge >= 0.3 is 12.3 Å². The Balaban J connectivity index is 1.52. The van der Waals surface area contributed by atoms with Gasteiger partial charge in [0.25, 0.3) is 0 Å². The van der Waals surface area contributed by atoms with Crippen molar-refractivity contribution in [1.82, 2.24) is 4.98 Å². The number of pyridine rings is 1. The molecule has 0 atom stereocenters. The van der Waals surface area contributed by atoms with E-state index in [2.05, 4.69) is 19.8 Å². The second-order valence-corrected chi connectivity index (χ2v) is 8.84. The third-order valence-electron chi connectivity index (χ3n) is 5.07. The molecule has 2 aromatic heterocycles. The molecule has 0 saturated carbocycles. The highest BCUT2D eigenvalue weighted by Gasteiger charge is 2.43. The molecule has 0 saturated heterocycles. The molecule has 2 N–H and O–H groups in total. The van der Waals surface area contributed by atoms with Crippen molar-refractivity contribution in [3.05, 3.63) is 57.8 Å². The monoisotopic (exact) mass is 446 g/mol. The molecule has 1 aromatic carbocycles. The number of hydrogen-bond acceptors (Lipinski definition) is 6. The van der Waals surface area contributed by atoms with E-state index < -0.39 is 17.7 Å². The van der Waals surface area contributed by atoms with E-state index >= 15 is 0 Å². The molecule has 0 spiro atoms. The van der Waals surface area contributed by atoms with Crippen molar-refractivity contribution in [2.75, 3.05) is 11.9 Å². The lowest BCUT2D eigenvalue weighted by Gasteiger charge is -2.26. The summed E-state index contributed by atoms with van der Waals surface area (Å²) in [5.41, 5.74) is 2.76. The van der Waals surface area contributed by atoms with Gasteiger partial charge in [0.15, 0.2) is 11.5 Å². The number of fused-ring (bicyclic) bond motifs is 1. The zero-order valence-corrected chi connectivity index (χ0v) is 17.8. The van der Waals surface area contributed by atoms with E-state index in [9.17, 15) is 13.6 Å². The van der Waals surface area contributed by atoms with Crippen LogP contribution in [0.5, 0.6) is 11.5 Å². The number of aromatic carboxylic acids is 1. The summed E-state index contributed by atoms with van der Waals surface area (Å²) in [6, 6.07) is 10.1. The van der Waals surface area contributed by atoms with Gasteiger partial charge in [-0.15, -0.1) is 20.1 Å². The molecule has 0 bridgehead atoms. The van der Waals surface area contributed by atoms with Gasteiger partial charge in [0.1, 0.15) is 10.7 Å². The Bertz CT molecular complexity index is 1160. The minimum absolute atomic E-state index is 0.0121. The quantitative estimate of drug-likeness (QED) is 0.518. The highest BCUT2D eigenvalue weighted by Crippen LogP contribution is 2.43. The third kappa shape index (κ3) is 4.32. The van der Waals surface area contributed by atoms with Crippen LogP contribution in [0.2, 0.25) is 0 Å². The number of aryl methyl sites for hydroxylation is 1. The smallest absolute Gasteiger partial charge is 0.477 e. The lowest BCUT2D eigenvalue weighted by molar-refractivity contribution is -0.286. The minimum atomic E-state index is -3.65. The lowest BCUT2D eigenvalue weighted by Crippen LogP contribution is -2.28. The molecule has 162 valence electrons. The molecule has 9 heteroatoms. The van der Waals surface area contributed by atoms with Crippen LogP contribution in [-0.2, 0) is 5.41 Å². The summed E-state index contributed by atoms with van der Waals surface area (Å²) in [4.78, 5) is 16.1. The molecule has 3 heterocycles. The minimum Gasteiger partial charge on any atom is -0.477 e. The third-order valence-corrected chi connectivity index (χ3v) is 5.99. The van der Waals surface area contributed by atoms with Crippen molar-refractivity contribution in [1.29, 1.82) is 0 Å². The Hall–Kier alpha value is -3.20. The van der Waals surface area contributed by atoms with E-state index in [0.29, 0.717) is 18.1 Å². The first-order valence-corrected chi connectivity index (χ1v) is 10.4. The highest BCUT2D eigenvalue weighted by molar-refractivity contribution is 7.12. The molecule has 4 rings (SSSR count). The van der Waals surface area contributed by atoms with Gasteiger partial charge in [-0.2, -0.15) is 0 Å². The predicted molar refractivity (Wildman–Crippen MR) is 113 cm³/mol. The number of ether oxygens (including phenoxy) is 2. The maximum Gasteiger partial charge on any atom is 0.586 e. The van der Waals surface area contributed by atoms with Crippen molar-refractivity contribution >= 4 is 23.1 Å². The average Bonchev–Trinajstić information content (AvgIpc) is 3.29. The Morgan fingerprint density at radius 1 is 1.19 bits per heavy atom. The first-order chi connectivity index (χ1) is 14.5. The number of carboxylic acid groups (broad SMARTS) is 1. The number of benzene rings is 1. The predicted octanol–water partition coefficient (Wildman–Crippen LogP) is 5.53. The fourth-order valence-electron chi connectivity index (χ4n) is 3.28. The van der Waals surface area contributed by atoms with Gasteiger partial charge in [-0.3, -0.25) is 0 Å². The standard InChI is InChI=1S/C22H20F2N2O4S/c1-12-4-7-18(26-19(12)13-8-17(20(27)28)31-10-13)25-11-21(2,3)14-5-6-15-16(9-14)30-22(23,24)29-15/h4-10H,11H2,1-3H3,(H,25,26)(H,27,28). The summed E-state index contributed by atoms with van der Waals surface area (Å²) in [5.74, 6) is -0.313. The maximum absolute atomic E-state index is 13.3. The topological polar surface area (TPSA) is 80.7 Å². The summed E-state index contributed by atoms with van der Waals surface area (Å²) < 4.78 is 35.6. The van der Waals surface area contributed by atoms with Crippen LogP contribution < -0.4 is 14.8 Å². The van der Waals surface area contributed by atoms with Crippen molar-refractivity contribution in [2.24, 2.45) is 0 Å². The first-order valence-electron chi connectivity index (χ1n) is 9.48. The van der Waals surface area contributed by atoms with Gasteiger partial charge in [0, 0.05) is 22.9 Å². The van der Waals surface area contributed by atoms with Gasteiger partial charge in [0.05, 0.1) is 5.69 Å². The summed E-state index contributed by atoms with van der Waals surface area (Å²) in [5, 5.41) is 14.2. The zero-order valence-electron chi connectivity index (χ0n) is 17.0. The molecule has 1 aliphatic rings. The lowest BCUT2D eigenvalue weighted by atomic mass is 9.84. The Kier molecular flexibility index (Phi) is 5.09. The second kappa shape index (κ2) is 7.49. The number of halogens is 2. The van der Waals surface area contributed by atoms with Gasteiger partial charge in [0.2, 0.25) is 0 Å². The molecular weight excluding hydrogens is 426 g/mol. The molecule has 0 unspecified atom stereocenters. The molecule has 0 amide bonds. The number of anilines is 1. The summed E-state index contributed by atoms with van der Waals surface area (Å²) in [6.07, 6.45) is -3.65. The van der Waals surface area contributed by atoms with E-state index in [4.69, 9.17) is 5.11 Å². The van der Waals surface area contributed by atoms with Crippen LogP contribution in [0, 0.1) is 6.92 Å². The van der Waals surface area contributed by atoms with Crippen molar-refractivity contribution in [3.8, 4) is 22.8 Å². The first kappa shape index (κ1) is 21.0. The normalized spacial score (nSPS) is 14.5. The van der Waals surface area contributed by atoms with Crippen LogP contribution in [0.15, 0.2) is 41.8 Å². The number of nitrogens with one attached hydrogen (secondary N) is 1. The second-order valence-electron chi connectivity index (χ2n) is 7.93. The largest absolute Gasteiger partial charge is 0.586 e. The number of nitrogens with zero attached hydrogens (tertiary/aromatic N) is 1. The molecule has 31 heavy (non-hydrogen) atoms. The van der Waals surface area contributed by atoms with Crippen LogP contribution in [0.1, 0.15) is 34.6 Å². The zero-order chi connectivity index (χ0) is 22.4. The fourth-order valence-corrected chi connectivity index (χ4v) is 4.00. The Labute approximate surface area is 181 Å². The van der Waals surface area contributed by atoms with Crippen LogP contribution in [0.4, 0.5) is 14.6 Å². The van der Waals surface area contributed by atoms with Crippen LogP contribution in [0.25, 0.3) is 11.3 Å². The molecule has 0 fully saturated rings. The average molecular weight is 446 g/mol. The molecule has 0 aliphatic carbocycles. The van der Waals surface area contributed by atoms with Crippen LogP contribution in [0.3, 0.4) is 0 Å². The number of carboxylic acids is 1. The van der Waals surface area contributed by atoms with E-state index in [1.165, 1.54) is 6.07 Å². The number of carbonyl (C=O) groups is 1. The summed E-state index contributed by atoms with van der Waals surface area (Å²) in [7, 11) is 0. The van der Waals surface area contributed by atoms with Crippen molar-refractivity contribution < 1.29 is 28.2 Å². The molecule has 3 aromatic rings. The van der Waals surface area contributed by atoms with Gasteiger partial charge in [-0.05, 0) is 42.3 Å². The molecule has 1 aliphatic heterocycles. The summed E-state index contributed by atoms with van der Waals surface area (Å²) in [6.45, 7) is 6.34. The van der Waals surface area contributed by atoms with Crippen molar-refractivity contribution in [2.45, 2.75) is 32.5 Å². The van der Waals surface area contributed by atoms with Crippen LogP contribution >= 0.6 is 11.3 Å². The number of thiophene rings is 1. The highest BCUT2D eigenvalue weighted by atomic mass is 32.1. The van der Waals surface area contributed by atoms with E-state index in [0.717, 1.165) is 28.0 Å². The van der Waals surface area contributed by atoms with E-state index in [1.807, 2.05) is 32.9 Å². The number of aromatic nitrogens is 1. The molecule has 0 radical (unpaired) electrons. The number of alkyl halides is 2. The SMILES string of the molecule is Cc1ccc(NCC(C)(C)c2ccc3c(c2)OC(F)(F)O3)nc1-c1csc(C(=O)O)c1.